The second kappa shape index (κ2) is 10.9. The van der Waals surface area contributed by atoms with Crippen molar-refractivity contribution in [2.45, 2.75) is 70.3 Å². The molecule has 0 amide bonds. The third-order valence-electron chi connectivity index (χ3n) is 7.53. The lowest BCUT2D eigenvalue weighted by Crippen LogP contribution is -2.17. The van der Waals surface area contributed by atoms with Crippen LogP contribution in [-0.2, 0) is 11.2 Å². The average Bonchev–Trinajstić information content (AvgIpc) is 2.87. The number of hydrogen-bond acceptors (Lipinski definition) is 1. The van der Waals surface area contributed by atoms with Crippen LogP contribution in [0.15, 0.2) is 59.7 Å². The van der Waals surface area contributed by atoms with E-state index in [2.05, 4.69) is 6.92 Å². The molecule has 1 saturated carbocycles. The first-order valence-electron chi connectivity index (χ1n) is 12.3. The molecular weight excluding hydrogens is 440 g/mol. The Bertz CT molecular complexity index is 1060. The van der Waals surface area contributed by atoms with Gasteiger partial charge in [0.15, 0.2) is 23.3 Å². The first-order chi connectivity index (χ1) is 16.4. The first kappa shape index (κ1) is 24.7. The molecule has 182 valence electrons. The molecule has 0 radical (unpaired) electrons. The number of allylic oxidation sites excluding steroid dienone is 2. The maximum atomic E-state index is 15.0. The van der Waals surface area contributed by atoms with Gasteiger partial charge in [0.25, 0.3) is 0 Å². The summed E-state index contributed by atoms with van der Waals surface area (Å²) in [6.45, 7) is 2.05. The Balaban J connectivity index is 1.36. The standard InChI is InChI=1S/C29H32F4O/c1-3-18-4-9-20(10-5-18)23-15-16-24(28(32)27(23)31)21-11-6-19(7-12-21)8-13-22-14-17-25(34-2)29(33)26(22)30/h4-5,9-10,14-16,19,21,25H,3,6-8,11-13,17H2,1-2H3. The van der Waals surface area contributed by atoms with Crippen LogP contribution in [0.1, 0.15) is 68.9 Å². The van der Waals surface area contributed by atoms with Gasteiger partial charge in [-0.25, -0.2) is 17.6 Å². The Morgan fingerprint density at radius 3 is 2.24 bits per heavy atom. The van der Waals surface area contributed by atoms with E-state index in [1.54, 1.807) is 18.2 Å². The van der Waals surface area contributed by atoms with Gasteiger partial charge >= 0.3 is 0 Å². The van der Waals surface area contributed by atoms with E-state index < -0.39 is 29.4 Å². The number of hydrogen-bond donors (Lipinski definition) is 0. The maximum absolute atomic E-state index is 15.0. The van der Waals surface area contributed by atoms with Gasteiger partial charge in [-0.1, -0.05) is 49.4 Å². The molecular formula is C29H32F4O. The molecule has 0 spiro atoms. The first-order valence-corrected chi connectivity index (χ1v) is 12.3. The highest BCUT2D eigenvalue weighted by Crippen LogP contribution is 2.41. The zero-order valence-corrected chi connectivity index (χ0v) is 19.9. The summed E-state index contributed by atoms with van der Waals surface area (Å²) in [5, 5.41) is 0. The Hall–Kier alpha value is -2.40. The summed E-state index contributed by atoms with van der Waals surface area (Å²) in [6, 6.07) is 11.0. The Morgan fingerprint density at radius 1 is 0.882 bits per heavy atom. The predicted octanol–water partition coefficient (Wildman–Crippen LogP) is 8.74. The normalized spacial score (nSPS) is 23.2. The second-order valence-corrected chi connectivity index (χ2v) is 9.49. The lowest BCUT2D eigenvalue weighted by Gasteiger charge is -2.29. The van der Waals surface area contributed by atoms with Gasteiger partial charge in [-0.3, -0.25) is 0 Å². The van der Waals surface area contributed by atoms with E-state index in [0.717, 1.165) is 44.1 Å². The van der Waals surface area contributed by atoms with Crippen LogP contribution in [0.2, 0.25) is 0 Å². The van der Waals surface area contributed by atoms with Gasteiger partial charge in [-0.2, -0.15) is 0 Å². The monoisotopic (exact) mass is 472 g/mol. The minimum atomic E-state index is -0.823. The molecule has 0 saturated heterocycles. The van der Waals surface area contributed by atoms with Crippen molar-refractivity contribution < 1.29 is 22.3 Å². The summed E-state index contributed by atoms with van der Waals surface area (Å²) in [5.41, 5.74) is 2.98. The van der Waals surface area contributed by atoms with Crippen molar-refractivity contribution in [2.75, 3.05) is 7.11 Å². The molecule has 2 aliphatic rings. The lowest BCUT2D eigenvalue weighted by molar-refractivity contribution is 0.108. The molecule has 1 atom stereocenters. The summed E-state index contributed by atoms with van der Waals surface area (Å²) in [7, 11) is 1.38. The van der Waals surface area contributed by atoms with Crippen molar-refractivity contribution >= 4 is 0 Å². The third kappa shape index (κ3) is 5.14. The predicted molar refractivity (Wildman–Crippen MR) is 128 cm³/mol. The molecule has 0 aliphatic heterocycles. The van der Waals surface area contributed by atoms with Gasteiger partial charge < -0.3 is 4.74 Å². The van der Waals surface area contributed by atoms with E-state index in [1.807, 2.05) is 24.3 Å². The van der Waals surface area contributed by atoms with Gasteiger partial charge in [-0.05, 0) is 85.5 Å². The number of ether oxygens (including phenoxy) is 1. The molecule has 5 heteroatoms. The van der Waals surface area contributed by atoms with Crippen LogP contribution in [0.25, 0.3) is 11.1 Å². The fraction of sp³-hybridized carbons (Fsp3) is 0.448. The van der Waals surface area contributed by atoms with E-state index in [9.17, 15) is 13.2 Å². The summed E-state index contributed by atoms with van der Waals surface area (Å²) in [6.07, 6.45) is 6.67. The van der Waals surface area contributed by atoms with Crippen molar-refractivity contribution in [1.82, 2.24) is 0 Å². The number of aryl methyl sites for hydroxylation is 1. The molecule has 34 heavy (non-hydrogen) atoms. The van der Waals surface area contributed by atoms with Crippen LogP contribution in [0.3, 0.4) is 0 Å². The zero-order valence-electron chi connectivity index (χ0n) is 19.9. The fourth-order valence-electron chi connectivity index (χ4n) is 5.29. The van der Waals surface area contributed by atoms with Crippen LogP contribution in [0, 0.1) is 17.6 Å². The van der Waals surface area contributed by atoms with Gasteiger partial charge in [0.1, 0.15) is 6.10 Å². The lowest BCUT2D eigenvalue weighted by atomic mass is 9.76. The maximum Gasteiger partial charge on any atom is 0.166 e. The highest BCUT2D eigenvalue weighted by atomic mass is 19.2. The molecule has 2 aromatic carbocycles. The van der Waals surface area contributed by atoms with Crippen molar-refractivity contribution in [3.05, 3.63) is 82.5 Å². The van der Waals surface area contributed by atoms with Gasteiger partial charge in [0.05, 0.1) is 0 Å². The molecule has 4 rings (SSSR count). The fourth-order valence-corrected chi connectivity index (χ4v) is 5.29. The molecule has 1 nitrogen and oxygen atoms in total. The van der Waals surface area contributed by atoms with Crippen LogP contribution in [0.5, 0.6) is 0 Å². The summed E-state index contributed by atoms with van der Waals surface area (Å²) < 4.78 is 63.2. The van der Waals surface area contributed by atoms with E-state index in [-0.39, 0.29) is 11.5 Å². The number of rotatable bonds is 7. The average molecular weight is 473 g/mol. The van der Waals surface area contributed by atoms with Crippen LogP contribution in [-0.4, -0.2) is 13.2 Å². The van der Waals surface area contributed by atoms with Crippen molar-refractivity contribution in [3.63, 3.8) is 0 Å². The van der Waals surface area contributed by atoms with Crippen molar-refractivity contribution in [2.24, 2.45) is 5.92 Å². The van der Waals surface area contributed by atoms with Crippen LogP contribution in [0.4, 0.5) is 17.6 Å². The van der Waals surface area contributed by atoms with Crippen LogP contribution >= 0.6 is 0 Å². The molecule has 2 aliphatic carbocycles. The Morgan fingerprint density at radius 2 is 1.59 bits per heavy atom. The van der Waals surface area contributed by atoms with E-state index in [4.69, 9.17) is 4.74 Å². The molecule has 1 fully saturated rings. The quantitative estimate of drug-likeness (QED) is 0.366. The number of benzene rings is 2. The van der Waals surface area contributed by atoms with Crippen LogP contribution < -0.4 is 0 Å². The summed E-state index contributed by atoms with van der Waals surface area (Å²) in [5.74, 6) is -2.78. The summed E-state index contributed by atoms with van der Waals surface area (Å²) in [4.78, 5) is 0. The second-order valence-electron chi connectivity index (χ2n) is 9.49. The van der Waals surface area contributed by atoms with Gasteiger partial charge in [-0.15, -0.1) is 0 Å². The van der Waals surface area contributed by atoms with E-state index >= 15 is 4.39 Å². The van der Waals surface area contributed by atoms with Gasteiger partial charge in [0, 0.05) is 12.7 Å². The molecule has 0 aromatic heterocycles. The van der Waals surface area contributed by atoms with Crippen molar-refractivity contribution in [3.8, 4) is 11.1 Å². The Labute approximate surface area is 199 Å². The number of halogens is 4. The third-order valence-corrected chi connectivity index (χ3v) is 7.53. The van der Waals surface area contributed by atoms with E-state index in [0.29, 0.717) is 35.5 Å². The molecule has 1 unspecified atom stereocenters. The Kier molecular flexibility index (Phi) is 7.92. The minimum absolute atomic E-state index is 0.0206. The molecule has 2 aromatic rings. The number of methoxy groups -OCH3 is 1. The summed E-state index contributed by atoms with van der Waals surface area (Å²) >= 11 is 0. The molecule has 0 bridgehead atoms. The highest BCUT2D eigenvalue weighted by Gasteiger charge is 2.29. The van der Waals surface area contributed by atoms with Crippen molar-refractivity contribution in [1.29, 1.82) is 0 Å². The zero-order chi connectivity index (χ0) is 24.2. The van der Waals surface area contributed by atoms with E-state index in [1.165, 1.54) is 7.11 Å². The smallest absolute Gasteiger partial charge is 0.166 e. The highest BCUT2D eigenvalue weighted by molar-refractivity contribution is 5.65. The molecule has 0 heterocycles. The minimum Gasteiger partial charge on any atom is -0.374 e. The topological polar surface area (TPSA) is 9.23 Å². The largest absolute Gasteiger partial charge is 0.374 e. The SMILES string of the molecule is CCc1ccc(-c2ccc(C3CCC(CCC4=CCC(OC)C(F)=C4F)CC3)c(F)c2F)cc1. The molecule has 0 N–H and O–H groups in total. The van der Waals surface area contributed by atoms with Gasteiger partial charge in [0.2, 0.25) is 0 Å².